The number of ether oxygens (including phenoxy) is 2. The van der Waals surface area contributed by atoms with E-state index in [1.54, 1.807) is 24.9 Å². The molecule has 11 heteroatoms. The molecular weight excluding hydrogens is 504 g/mol. The zero-order valence-corrected chi connectivity index (χ0v) is 22.2. The van der Waals surface area contributed by atoms with Crippen LogP contribution in [0.25, 0.3) is 22.8 Å². The monoisotopic (exact) mass is 533 g/mol. The maximum absolute atomic E-state index is 13.8. The molecule has 0 spiro atoms. The summed E-state index contributed by atoms with van der Waals surface area (Å²) in [5, 5.41) is 0. The molecule has 0 bridgehead atoms. The van der Waals surface area contributed by atoms with Gasteiger partial charge in [0.15, 0.2) is 17.4 Å². The van der Waals surface area contributed by atoms with Gasteiger partial charge in [0, 0.05) is 38.2 Å². The number of methoxy groups -OCH3 is 1. The molecule has 2 aliphatic rings. The molecule has 1 unspecified atom stereocenters. The average molecular weight is 534 g/mol. The standard InChI is InChI=1S/C28H29F2N7O2/c1-16-12-37(13-17-5-7-19(8-6-17)25-34-21(14-36(25)3)28(2,29)30)26-20(39-16)11-31-24(35-26)22-23(18-9-10-18)32-15-33-27(22)38-4/h5-8,11,14-16,18H,9-10,12-13H2,1-4H3. The van der Waals surface area contributed by atoms with E-state index in [-0.39, 0.29) is 11.8 Å². The topological polar surface area (TPSA) is 91.1 Å². The second kappa shape index (κ2) is 9.55. The summed E-state index contributed by atoms with van der Waals surface area (Å²) in [6, 6.07) is 7.77. The summed E-state index contributed by atoms with van der Waals surface area (Å²) in [5.41, 5.74) is 3.19. The van der Waals surface area contributed by atoms with Gasteiger partial charge in [-0.3, -0.25) is 0 Å². The lowest BCUT2D eigenvalue weighted by Crippen LogP contribution is -2.38. The van der Waals surface area contributed by atoms with Crippen LogP contribution >= 0.6 is 0 Å². The Balaban J connectivity index is 1.30. The minimum atomic E-state index is -2.99. The minimum Gasteiger partial charge on any atom is -0.483 e. The summed E-state index contributed by atoms with van der Waals surface area (Å²) in [4.78, 5) is 24.7. The predicted octanol–water partition coefficient (Wildman–Crippen LogP) is 5.12. The van der Waals surface area contributed by atoms with E-state index < -0.39 is 5.92 Å². The van der Waals surface area contributed by atoms with Crippen molar-refractivity contribution in [1.29, 1.82) is 0 Å². The van der Waals surface area contributed by atoms with Gasteiger partial charge in [-0.05, 0) is 25.3 Å². The third kappa shape index (κ3) is 4.88. The van der Waals surface area contributed by atoms with Crippen molar-refractivity contribution in [2.24, 2.45) is 7.05 Å². The van der Waals surface area contributed by atoms with Crippen LogP contribution in [-0.2, 0) is 19.5 Å². The third-order valence-electron chi connectivity index (χ3n) is 6.98. The fourth-order valence-corrected chi connectivity index (χ4v) is 4.92. The molecule has 1 saturated carbocycles. The van der Waals surface area contributed by atoms with Crippen molar-refractivity contribution in [2.75, 3.05) is 18.6 Å². The molecule has 1 atom stereocenters. The van der Waals surface area contributed by atoms with Crippen LogP contribution in [0.4, 0.5) is 14.6 Å². The number of nitrogens with zero attached hydrogens (tertiary/aromatic N) is 7. The first kappa shape index (κ1) is 25.1. The number of imidazole rings is 1. The van der Waals surface area contributed by atoms with Crippen LogP contribution in [0, 0.1) is 0 Å². The molecule has 39 heavy (non-hydrogen) atoms. The van der Waals surface area contributed by atoms with Gasteiger partial charge in [-0.25, -0.2) is 24.9 Å². The molecule has 1 aliphatic carbocycles. The predicted molar refractivity (Wildman–Crippen MR) is 141 cm³/mol. The fraction of sp³-hybridized carbons (Fsp3) is 0.393. The Morgan fingerprint density at radius 2 is 1.87 bits per heavy atom. The molecule has 1 fully saturated rings. The third-order valence-corrected chi connectivity index (χ3v) is 6.98. The van der Waals surface area contributed by atoms with Crippen LogP contribution in [0.3, 0.4) is 0 Å². The molecule has 0 N–H and O–H groups in total. The van der Waals surface area contributed by atoms with Crippen LogP contribution in [0.5, 0.6) is 11.6 Å². The molecule has 0 saturated heterocycles. The SMILES string of the molecule is COc1ncnc(C2CC2)c1-c1ncc2c(n1)N(Cc1ccc(-c3nc(C(C)(F)F)cn3C)cc1)CC(C)O2. The lowest BCUT2D eigenvalue weighted by Gasteiger charge is -2.34. The summed E-state index contributed by atoms with van der Waals surface area (Å²) in [6.45, 7) is 4.08. The van der Waals surface area contributed by atoms with E-state index in [9.17, 15) is 8.78 Å². The number of hydrogen-bond acceptors (Lipinski definition) is 8. The number of alkyl halides is 2. The van der Waals surface area contributed by atoms with Crippen molar-refractivity contribution in [3.05, 3.63) is 59.9 Å². The Hall–Kier alpha value is -4.15. The van der Waals surface area contributed by atoms with E-state index in [1.807, 2.05) is 31.2 Å². The number of benzene rings is 1. The van der Waals surface area contributed by atoms with Crippen LogP contribution < -0.4 is 14.4 Å². The second-order valence-corrected chi connectivity index (χ2v) is 10.3. The maximum atomic E-state index is 13.8. The van der Waals surface area contributed by atoms with Crippen LogP contribution in [0.2, 0.25) is 0 Å². The Morgan fingerprint density at radius 3 is 2.54 bits per heavy atom. The highest BCUT2D eigenvalue weighted by atomic mass is 19.3. The summed E-state index contributed by atoms with van der Waals surface area (Å²) in [5.74, 6) is 0.119. The molecule has 6 rings (SSSR count). The lowest BCUT2D eigenvalue weighted by atomic mass is 10.1. The first-order valence-electron chi connectivity index (χ1n) is 12.9. The van der Waals surface area contributed by atoms with Crippen LogP contribution in [-0.4, -0.2) is 49.2 Å². The van der Waals surface area contributed by atoms with Gasteiger partial charge >= 0.3 is 0 Å². The van der Waals surface area contributed by atoms with Crippen molar-refractivity contribution in [3.8, 4) is 34.4 Å². The van der Waals surface area contributed by atoms with Gasteiger partial charge in [-0.1, -0.05) is 24.3 Å². The number of anilines is 1. The summed E-state index contributed by atoms with van der Waals surface area (Å²) in [6.07, 6.45) is 6.68. The number of aromatic nitrogens is 6. The van der Waals surface area contributed by atoms with E-state index in [4.69, 9.17) is 14.5 Å². The quantitative estimate of drug-likeness (QED) is 0.323. The molecule has 4 aromatic rings. The Labute approximate surface area is 224 Å². The molecular formula is C28H29F2N7O2. The average Bonchev–Trinajstić information content (AvgIpc) is 3.68. The lowest BCUT2D eigenvalue weighted by molar-refractivity contribution is 0.0131. The Morgan fingerprint density at radius 1 is 1.10 bits per heavy atom. The smallest absolute Gasteiger partial charge is 0.288 e. The van der Waals surface area contributed by atoms with Crippen LogP contribution in [0.1, 0.15) is 49.6 Å². The number of aryl methyl sites for hydroxylation is 1. The van der Waals surface area contributed by atoms with Gasteiger partial charge in [0.05, 0.1) is 25.5 Å². The highest BCUT2D eigenvalue weighted by Crippen LogP contribution is 2.45. The van der Waals surface area contributed by atoms with Crippen molar-refractivity contribution in [3.63, 3.8) is 0 Å². The summed E-state index contributed by atoms with van der Waals surface area (Å²) in [7, 11) is 3.30. The largest absolute Gasteiger partial charge is 0.483 e. The molecule has 0 radical (unpaired) electrons. The van der Waals surface area contributed by atoms with Gasteiger partial charge in [0.1, 0.15) is 29.5 Å². The zero-order chi connectivity index (χ0) is 27.3. The van der Waals surface area contributed by atoms with Crippen LogP contribution in [0.15, 0.2) is 43.0 Å². The fourth-order valence-electron chi connectivity index (χ4n) is 4.92. The Kier molecular flexibility index (Phi) is 6.16. The van der Waals surface area contributed by atoms with Gasteiger partial charge in [-0.2, -0.15) is 8.78 Å². The minimum absolute atomic E-state index is 0.0513. The van der Waals surface area contributed by atoms with Gasteiger partial charge in [0.2, 0.25) is 5.88 Å². The van der Waals surface area contributed by atoms with E-state index in [0.29, 0.717) is 48.1 Å². The summed E-state index contributed by atoms with van der Waals surface area (Å²) < 4.78 is 40.8. The Bertz CT molecular complexity index is 1510. The van der Waals surface area contributed by atoms with E-state index >= 15 is 0 Å². The molecule has 0 amide bonds. The molecule has 3 aromatic heterocycles. The normalized spacial score (nSPS) is 17.1. The maximum Gasteiger partial charge on any atom is 0.288 e. The second-order valence-electron chi connectivity index (χ2n) is 10.3. The van der Waals surface area contributed by atoms with E-state index in [1.165, 1.54) is 12.5 Å². The van der Waals surface area contributed by atoms with E-state index in [0.717, 1.165) is 42.1 Å². The first-order chi connectivity index (χ1) is 18.7. The molecule has 1 aliphatic heterocycles. The summed E-state index contributed by atoms with van der Waals surface area (Å²) >= 11 is 0. The highest BCUT2D eigenvalue weighted by Gasteiger charge is 2.33. The number of halogens is 2. The molecule has 4 heterocycles. The van der Waals surface area contributed by atoms with Crippen molar-refractivity contribution < 1.29 is 18.3 Å². The van der Waals surface area contributed by atoms with Gasteiger partial charge in [-0.15, -0.1) is 0 Å². The number of rotatable bonds is 7. The molecule has 9 nitrogen and oxygen atoms in total. The van der Waals surface area contributed by atoms with Crippen molar-refractivity contribution in [2.45, 2.75) is 51.2 Å². The number of fused-ring (bicyclic) bond motifs is 1. The number of hydrogen-bond donors (Lipinski definition) is 0. The molecule has 1 aromatic carbocycles. The van der Waals surface area contributed by atoms with Gasteiger partial charge in [0.25, 0.3) is 5.92 Å². The van der Waals surface area contributed by atoms with Crippen molar-refractivity contribution in [1.82, 2.24) is 29.5 Å². The highest BCUT2D eigenvalue weighted by molar-refractivity contribution is 5.69. The zero-order valence-electron chi connectivity index (χ0n) is 22.2. The van der Waals surface area contributed by atoms with Crippen molar-refractivity contribution >= 4 is 5.82 Å². The van der Waals surface area contributed by atoms with Gasteiger partial charge < -0.3 is 18.9 Å². The molecule has 202 valence electrons. The first-order valence-corrected chi connectivity index (χ1v) is 12.9. The van der Waals surface area contributed by atoms with E-state index in [2.05, 4.69) is 24.8 Å².